The molecule has 3 rings (SSSR count). The van der Waals surface area contributed by atoms with Crippen molar-refractivity contribution in [2.45, 2.75) is 44.0 Å². The molecule has 0 aliphatic heterocycles. The van der Waals surface area contributed by atoms with E-state index in [1.165, 1.54) is 11.8 Å². The molecule has 8 heteroatoms. The van der Waals surface area contributed by atoms with E-state index in [0.717, 1.165) is 16.8 Å². The number of aryl methyl sites for hydroxylation is 1. The van der Waals surface area contributed by atoms with Gasteiger partial charge in [-0.05, 0) is 37.0 Å². The monoisotopic (exact) mass is 422 g/mol. The Morgan fingerprint density at radius 2 is 1.96 bits per heavy atom. The van der Waals surface area contributed by atoms with E-state index < -0.39 is 0 Å². The van der Waals surface area contributed by atoms with Crippen LogP contribution >= 0.6 is 35.0 Å². The second kappa shape index (κ2) is 8.09. The summed E-state index contributed by atoms with van der Waals surface area (Å²) in [5.41, 5.74) is 3.55. The average Bonchev–Trinajstić information content (AvgIpc) is 2.99. The van der Waals surface area contributed by atoms with Crippen molar-refractivity contribution in [1.29, 1.82) is 0 Å². The van der Waals surface area contributed by atoms with Gasteiger partial charge in [-0.2, -0.15) is 0 Å². The highest BCUT2D eigenvalue weighted by Gasteiger charge is 2.21. The van der Waals surface area contributed by atoms with Gasteiger partial charge in [0.2, 0.25) is 5.91 Å². The molecule has 0 aliphatic rings. The van der Waals surface area contributed by atoms with Gasteiger partial charge in [0, 0.05) is 11.9 Å². The third kappa shape index (κ3) is 4.23. The standard InChI is InChI=1S/C19H20Cl2N4OS/c1-10(2)14-7-5-6-11(3)16(14)22-18(26)12(4)27-19-24-23-17-15(21)8-13(20)9-25(17)19/h5-10,12H,1-4H3,(H,22,26). The number of pyridine rings is 1. The van der Waals surface area contributed by atoms with E-state index in [-0.39, 0.29) is 11.2 Å². The number of halogens is 2. The summed E-state index contributed by atoms with van der Waals surface area (Å²) in [6.45, 7) is 8.05. The van der Waals surface area contributed by atoms with Crippen molar-refractivity contribution in [1.82, 2.24) is 14.6 Å². The predicted octanol–water partition coefficient (Wildman–Crippen LogP) is 5.59. The molecule has 1 amide bonds. The number of thioether (sulfide) groups is 1. The molecule has 3 aromatic rings. The summed E-state index contributed by atoms with van der Waals surface area (Å²) in [5, 5.41) is 12.4. The molecule has 5 nitrogen and oxygen atoms in total. The minimum atomic E-state index is -0.380. The molecule has 1 atom stereocenters. The first kappa shape index (κ1) is 20.0. The number of carbonyl (C=O) groups is 1. The molecule has 0 spiro atoms. The van der Waals surface area contributed by atoms with Gasteiger partial charge in [-0.25, -0.2) is 0 Å². The Balaban J connectivity index is 1.82. The molecule has 0 saturated heterocycles. The van der Waals surface area contributed by atoms with Crippen molar-refractivity contribution < 1.29 is 4.79 Å². The number of nitrogens with one attached hydrogen (secondary N) is 1. The molecule has 2 heterocycles. The number of benzene rings is 1. The molecule has 142 valence electrons. The average molecular weight is 423 g/mol. The number of amides is 1. The normalized spacial score (nSPS) is 12.6. The highest BCUT2D eigenvalue weighted by atomic mass is 35.5. The van der Waals surface area contributed by atoms with Gasteiger partial charge in [-0.1, -0.05) is 67.0 Å². The molecule has 1 unspecified atom stereocenters. The maximum absolute atomic E-state index is 12.8. The van der Waals surface area contributed by atoms with Crippen LogP contribution in [0.1, 0.15) is 37.8 Å². The fourth-order valence-corrected chi connectivity index (χ4v) is 4.09. The summed E-state index contributed by atoms with van der Waals surface area (Å²) in [6, 6.07) is 7.66. The van der Waals surface area contributed by atoms with Crippen LogP contribution in [0.2, 0.25) is 10.0 Å². The Kier molecular flexibility index (Phi) is 5.99. The molecule has 0 bridgehead atoms. The van der Waals surface area contributed by atoms with Gasteiger partial charge in [0.1, 0.15) is 0 Å². The van der Waals surface area contributed by atoms with E-state index in [9.17, 15) is 4.79 Å². The van der Waals surface area contributed by atoms with Gasteiger partial charge < -0.3 is 5.32 Å². The first-order chi connectivity index (χ1) is 12.8. The number of para-hydroxylation sites is 1. The van der Waals surface area contributed by atoms with E-state index in [1.54, 1.807) is 16.7 Å². The van der Waals surface area contributed by atoms with Crippen LogP contribution in [0.5, 0.6) is 0 Å². The zero-order valence-corrected chi connectivity index (χ0v) is 17.8. The summed E-state index contributed by atoms with van der Waals surface area (Å²) in [4.78, 5) is 12.8. The molecule has 0 radical (unpaired) electrons. The van der Waals surface area contributed by atoms with Gasteiger partial charge in [-0.15, -0.1) is 10.2 Å². The number of rotatable bonds is 5. The smallest absolute Gasteiger partial charge is 0.237 e. The topological polar surface area (TPSA) is 59.3 Å². The molecule has 0 aliphatic carbocycles. The van der Waals surface area contributed by atoms with Gasteiger partial charge in [0.05, 0.1) is 15.3 Å². The third-order valence-corrected chi connectivity index (χ3v) is 5.76. The Labute approximate surface area is 172 Å². The molecule has 0 saturated carbocycles. The number of anilines is 1. The van der Waals surface area contributed by atoms with Crippen molar-refractivity contribution in [3.8, 4) is 0 Å². The van der Waals surface area contributed by atoms with Crippen molar-refractivity contribution >= 4 is 52.2 Å². The minimum absolute atomic E-state index is 0.0962. The van der Waals surface area contributed by atoms with Gasteiger partial charge >= 0.3 is 0 Å². The second-order valence-electron chi connectivity index (χ2n) is 6.63. The summed E-state index contributed by atoms with van der Waals surface area (Å²) >= 11 is 13.5. The number of aromatic nitrogens is 3. The number of fused-ring (bicyclic) bond motifs is 1. The van der Waals surface area contributed by atoms with E-state index in [0.29, 0.717) is 26.8 Å². The summed E-state index contributed by atoms with van der Waals surface area (Å²) in [7, 11) is 0. The van der Waals surface area contributed by atoms with E-state index in [4.69, 9.17) is 23.2 Å². The number of hydrogen-bond acceptors (Lipinski definition) is 4. The largest absolute Gasteiger partial charge is 0.325 e. The van der Waals surface area contributed by atoms with Crippen LogP contribution < -0.4 is 5.32 Å². The molecule has 1 aromatic carbocycles. The first-order valence-corrected chi connectivity index (χ1v) is 10.2. The number of carbonyl (C=O) groups excluding carboxylic acids is 1. The molecule has 1 N–H and O–H groups in total. The maximum atomic E-state index is 12.8. The molecule has 27 heavy (non-hydrogen) atoms. The van der Waals surface area contributed by atoms with Crippen LogP contribution in [-0.2, 0) is 4.79 Å². The van der Waals surface area contributed by atoms with Crippen molar-refractivity contribution in [3.63, 3.8) is 0 Å². The molecular weight excluding hydrogens is 403 g/mol. The van der Waals surface area contributed by atoms with E-state index in [1.807, 2.05) is 32.0 Å². The lowest BCUT2D eigenvalue weighted by Crippen LogP contribution is -2.24. The lowest BCUT2D eigenvalue weighted by molar-refractivity contribution is -0.115. The Morgan fingerprint density at radius 3 is 2.67 bits per heavy atom. The van der Waals surface area contributed by atoms with E-state index >= 15 is 0 Å². The van der Waals surface area contributed by atoms with Crippen LogP contribution in [0.3, 0.4) is 0 Å². The minimum Gasteiger partial charge on any atom is -0.325 e. The summed E-state index contributed by atoms with van der Waals surface area (Å²) in [5.74, 6) is 0.217. The number of hydrogen-bond donors (Lipinski definition) is 1. The zero-order valence-electron chi connectivity index (χ0n) is 15.5. The fraction of sp³-hybridized carbons (Fsp3) is 0.316. The van der Waals surface area contributed by atoms with Crippen molar-refractivity contribution in [3.05, 3.63) is 51.6 Å². The van der Waals surface area contributed by atoms with Crippen LogP contribution in [0.25, 0.3) is 5.65 Å². The van der Waals surface area contributed by atoms with Gasteiger partial charge in [0.25, 0.3) is 0 Å². The molecule has 0 fully saturated rings. The lowest BCUT2D eigenvalue weighted by atomic mass is 9.98. The van der Waals surface area contributed by atoms with Crippen LogP contribution in [0, 0.1) is 6.92 Å². The van der Waals surface area contributed by atoms with Crippen LogP contribution in [0.4, 0.5) is 5.69 Å². The SMILES string of the molecule is Cc1cccc(C(C)C)c1NC(=O)C(C)Sc1nnc2c(Cl)cc(Cl)cn12. The van der Waals surface area contributed by atoms with Crippen LogP contribution in [-0.4, -0.2) is 25.8 Å². The molecule has 2 aromatic heterocycles. The predicted molar refractivity (Wildman–Crippen MR) is 112 cm³/mol. The highest BCUT2D eigenvalue weighted by molar-refractivity contribution is 8.00. The molecular formula is C19H20Cl2N4OS. The van der Waals surface area contributed by atoms with Crippen LogP contribution in [0.15, 0.2) is 35.6 Å². The first-order valence-electron chi connectivity index (χ1n) is 8.54. The number of nitrogens with zero attached hydrogens (tertiary/aromatic N) is 3. The lowest BCUT2D eigenvalue weighted by Gasteiger charge is -2.18. The van der Waals surface area contributed by atoms with Gasteiger partial charge in [-0.3, -0.25) is 9.20 Å². The Morgan fingerprint density at radius 1 is 1.22 bits per heavy atom. The van der Waals surface area contributed by atoms with Crippen molar-refractivity contribution in [2.75, 3.05) is 5.32 Å². The Hall–Kier alpha value is -1.76. The maximum Gasteiger partial charge on any atom is 0.237 e. The summed E-state index contributed by atoms with van der Waals surface area (Å²) < 4.78 is 1.70. The quantitative estimate of drug-likeness (QED) is 0.544. The fourth-order valence-electron chi connectivity index (χ4n) is 2.76. The van der Waals surface area contributed by atoms with Crippen molar-refractivity contribution in [2.24, 2.45) is 0 Å². The Bertz CT molecular complexity index is 1000. The zero-order chi connectivity index (χ0) is 19.7. The second-order valence-corrected chi connectivity index (χ2v) is 8.78. The summed E-state index contributed by atoms with van der Waals surface area (Å²) in [6.07, 6.45) is 1.69. The third-order valence-electron chi connectivity index (χ3n) is 4.22. The van der Waals surface area contributed by atoms with Gasteiger partial charge in [0.15, 0.2) is 10.8 Å². The van der Waals surface area contributed by atoms with E-state index in [2.05, 4.69) is 29.4 Å². The highest BCUT2D eigenvalue weighted by Crippen LogP contribution is 2.30.